The van der Waals surface area contributed by atoms with Crippen molar-refractivity contribution in [1.29, 1.82) is 0 Å². The highest BCUT2D eigenvalue weighted by Gasteiger charge is 2.18. The Balaban J connectivity index is 1.75. The molecule has 0 aliphatic heterocycles. The van der Waals surface area contributed by atoms with Gasteiger partial charge < -0.3 is 9.52 Å². The summed E-state index contributed by atoms with van der Waals surface area (Å²) in [6, 6.07) is 10.0. The molecule has 0 saturated carbocycles. The minimum atomic E-state index is -0.990. The first-order chi connectivity index (χ1) is 10.5. The van der Waals surface area contributed by atoms with Crippen LogP contribution in [0.5, 0.6) is 0 Å². The Hall–Kier alpha value is -2.18. The zero-order valence-corrected chi connectivity index (χ0v) is 13.1. The van der Waals surface area contributed by atoms with Gasteiger partial charge in [-0.25, -0.2) is 9.78 Å². The summed E-state index contributed by atoms with van der Waals surface area (Å²) in [5.74, 6) is -0.103. The van der Waals surface area contributed by atoms with Gasteiger partial charge in [-0.3, -0.25) is 4.90 Å². The zero-order chi connectivity index (χ0) is 15.7. The van der Waals surface area contributed by atoms with E-state index in [1.807, 2.05) is 37.4 Å². The van der Waals surface area contributed by atoms with Gasteiger partial charge in [0.1, 0.15) is 16.4 Å². The predicted octanol–water partition coefficient (Wildman–Crippen LogP) is 3.78. The van der Waals surface area contributed by atoms with E-state index in [4.69, 9.17) is 9.52 Å². The first kappa shape index (κ1) is 14.7. The van der Waals surface area contributed by atoms with Crippen molar-refractivity contribution in [3.05, 3.63) is 52.2 Å². The van der Waals surface area contributed by atoms with Gasteiger partial charge in [-0.1, -0.05) is 18.2 Å². The Kier molecular flexibility index (Phi) is 3.96. The van der Waals surface area contributed by atoms with Crippen molar-refractivity contribution in [3.8, 4) is 0 Å². The Labute approximate surface area is 131 Å². The molecule has 0 aliphatic rings. The highest BCUT2D eigenvalue weighted by Crippen LogP contribution is 2.27. The van der Waals surface area contributed by atoms with Gasteiger partial charge in [0, 0.05) is 10.8 Å². The summed E-state index contributed by atoms with van der Waals surface area (Å²) in [6.07, 6.45) is 0. The second-order valence-corrected chi connectivity index (χ2v) is 6.15. The lowest BCUT2D eigenvalue weighted by Gasteiger charge is -2.21. The van der Waals surface area contributed by atoms with Crippen LogP contribution in [0, 0.1) is 0 Å². The van der Waals surface area contributed by atoms with Crippen LogP contribution < -0.4 is 0 Å². The van der Waals surface area contributed by atoms with Crippen LogP contribution in [0.3, 0.4) is 0 Å². The SMILES string of the molecule is CC(c1cc2ccccc2o1)N(C)Cc1nc(C(=O)O)cs1. The molecule has 1 N–H and O–H groups in total. The molecule has 2 heterocycles. The van der Waals surface area contributed by atoms with E-state index in [1.54, 1.807) is 5.38 Å². The van der Waals surface area contributed by atoms with E-state index in [0.29, 0.717) is 6.54 Å². The third-order valence-corrected chi connectivity index (χ3v) is 4.51. The van der Waals surface area contributed by atoms with Gasteiger partial charge in [-0.15, -0.1) is 11.3 Å². The molecule has 0 fully saturated rings. The maximum atomic E-state index is 10.9. The van der Waals surface area contributed by atoms with Crippen molar-refractivity contribution in [1.82, 2.24) is 9.88 Å². The fourth-order valence-electron chi connectivity index (χ4n) is 2.26. The number of aromatic nitrogens is 1. The van der Waals surface area contributed by atoms with Crippen LogP contribution in [0.4, 0.5) is 0 Å². The van der Waals surface area contributed by atoms with Gasteiger partial charge in [0.15, 0.2) is 5.69 Å². The molecule has 3 rings (SSSR count). The van der Waals surface area contributed by atoms with E-state index >= 15 is 0 Å². The molecule has 0 spiro atoms. The maximum Gasteiger partial charge on any atom is 0.355 e. The van der Waals surface area contributed by atoms with Crippen LogP contribution in [0.1, 0.15) is 34.2 Å². The van der Waals surface area contributed by atoms with Crippen molar-refractivity contribution in [3.63, 3.8) is 0 Å². The number of furan rings is 1. The number of rotatable bonds is 5. The molecule has 1 unspecified atom stereocenters. The van der Waals surface area contributed by atoms with Gasteiger partial charge in [0.25, 0.3) is 0 Å². The predicted molar refractivity (Wildman–Crippen MR) is 85.2 cm³/mol. The first-order valence-corrected chi connectivity index (χ1v) is 7.79. The molecule has 3 aromatic rings. The second kappa shape index (κ2) is 5.90. The second-order valence-electron chi connectivity index (χ2n) is 5.21. The van der Waals surface area contributed by atoms with Crippen LogP contribution in [0.2, 0.25) is 0 Å². The molecule has 1 aromatic carbocycles. The minimum absolute atomic E-state index is 0.0737. The molecule has 114 valence electrons. The van der Waals surface area contributed by atoms with Gasteiger partial charge >= 0.3 is 5.97 Å². The van der Waals surface area contributed by atoms with Gasteiger partial charge in [-0.2, -0.15) is 0 Å². The summed E-state index contributed by atoms with van der Waals surface area (Å²) < 4.78 is 5.88. The topological polar surface area (TPSA) is 66.6 Å². The van der Waals surface area contributed by atoms with Crippen molar-refractivity contribution < 1.29 is 14.3 Å². The van der Waals surface area contributed by atoms with Crippen molar-refractivity contribution >= 4 is 28.3 Å². The van der Waals surface area contributed by atoms with Crippen LogP contribution in [-0.2, 0) is 6.54 Å². The smallest absolute Gasteiger partial charge is 0.355 e. The first-order valence-electron chi connectivity index (χ1n) is 6.91. The van der Waals surface area contributed by atoms with E-state index in [2.05, 4.69) is 16.8 Å². The molecule has 2 aromatic heterocycles. The van der Waals surface area contributed by atoms with Gasteiger partial charge in [-0.05, 0) is 26.1 Å². The number of carbonyl (C=O) groups is 1. The number of nitrogens with zero attached hydrogens (tertiary/aromatic N) is 2. The fourth-order valence-corrected chi connectivity index (χ4v) is 3.09. The lowest BCUT2D eigenvalue weighted by molar-refractivity contribution is 0.0691. The molecular formula is C16H16N2O3S. The monoisotopic (exact) mass is 316 g/mol. The normalized spacial score (nSPS) is 12.9. The molecule has 22 heavy (non-hydrogen) atoms. The number of aromatic carboxylic acids is 1. The number of hydrogen-bond acceptors (Lipinski definition) is 5. The molecule has 0 aliphatic carbocycles. The number of fused-ring (bicyclic) bond motifs is 1. The summed E-state index contributed by atoms with van der Waals surface area (Å²) in [5, 5.41) is 12.3. The third-order valence-electron chi connectivity index (χ3n) is 3.67. The van der Waals surface area contributed by atoms with Crippen LogP contribution in [0.25, 0.3) is 11.0 Å². The van der Waals surface area contributed by atoms with Gasteiger partial charge in [0.05, 0.1) is 12.6 Å². The average Bonchev–Trinajstić information content (AvgIpc) is 3.12. The summed E-state index contributed by atoms with van der Waals surface area (Å²) >= 11 is 1.36. The summed E-state index contributed by atoms with van der Waals surface area (Å²) in [5.41, 5.74) is 0.977. The van der Waals surface area contributed by atoms with Crippen LogP contribution in [-0.4, -0.2) is 28.0 Å². The zero-order valence-electron chi connectivity index (χ0n) is 12.3. The largest absolute Gasteiger partial charge is 0.476 e. The number of carboxylic acids is 1. The van der Waals surface area contributed by atoms with E-state index in [9.17, 15) is 4.79 Å². The molecular weight excluding hydrogens is 300 g/mol. The lowest BCUT2D eigenvalue weighted by Crippen LogP contribution is -2.21. The number of hydrogen-bond donors (Lipinski definition) is 1. The maximum absolute atomic E-state index is 10.9. The van der Waals surface area contributed by atoms with Crippen molar-refractivity contribution in [2.45, 2.75) is 19.5 Å². The molecule has 5 nitrogen and oxygen atoms in total. The summed E-state index contributed by atoms with van der Waals surface area (Å²) in [7, 11) is 1.97. The van der Waals surface area contributed by atoms with Crippen molar-refractivity contribution in [2.24, 2.45) is 0 Å². The number of para-hydroxylation sites is 1. The molecule has 0 saturated heterocycles. The van der Waals surface area contributed by atoms with Crippen LogP contribution in [0.15, 0.2) is 40.1 Å². The van der Waals surface area contributed by atoms with E-state index in [1.165, 1.54) is 11.3 Å². The minimum Gasteiger partial charge on any atom is -0.476 e. The Bertz CT molecular complexity index is 775. The Morgan fingerprint density at radius 3 is 2.91 bits per heavy atom. The fraction of sp³-hybridized carbons (Fsp3) is 0.250. The summed E-state index contributed by atoms with van der Waals surface area (Å²) in [6.45, 7) is 2.64. The highest BCUT2D eigenvalue weighted by atomic mass is 32.1. The lowest BCUT2D eigenvalue weighted by atomic mass is 10.2. The number of thiazole rings is 1. The van der Waals surface area contributed by atoms with Crippen molar-refractivity contribution in [2.75, 3.05) is 7.05 Å². The van der Waals surface area contributed by atoms with Gasteiger partial charge in [0.2, 0.25) is 0 Å². The molecule has 6 heteroatoms. The molecule has 1 atom stereocenters. The van der Waals surface area contributed by atoms with E-state index in [-0.39, 0.29) is 11.7 Å². The van der Waals surface area contributed by atoms with Crippen LogP contribution >= 0.6 is 11.3 Å². The number of carboxylic acid groups (broad SMARTS) is 1. The quantitative estimate of drug-likeness (QED) is 0.776. The third kappa shape index (κ3) is 2.88. The number of benzene rings is 1. The average molecular weight is 316 g/mol. The molecule has 0 amide bonds. The molecule has 0 bridgehead atoms. The summed E-state index contributed by atoms with van der Waals surface area (Å²) in [4.78, 5) is 17.1. The molecule has 0 radical (unpaired) electrons. The van der Waals surface area contributed by atoms with E-state index in [0.717, 1.165) is 21.7 Å². The Morgan fingerprint density at radius 2 is 2.23 bits per heavy atom. The van der Waals surface area contributed by atoms with E-state index < -0.39 is 5.97 Å². The highest BCUT2D eigenvalue weighted by molar-refractivity contribution is 7.09. The standard InChI is InChI=1S/C16H16N2O3S/c1-10(14-7-11-5-3-4-6-13(11)21-14)18(2)8-15-17-12(9-22-15)16(19)20/h3-7,9-10H,8H2,1-2H3,(H,19,20). The Morgan fingerprint density at radius 1 is 1.45 bits per heavy atom.